The number of methoxy groups -OCH3 is 1. The Bertz CT molecular complexity index is 644. The highest BCUT2D eigenvalue weighted by Crippen LogP contribution is 2.19. The van der Waals surface area contributed by atoms with Gasteiger partial charge in [-0.15, -0.1) is 0 Å². The van der Waals surface area contributed by atoms with Crippen LogP contribution in [0.15, 0.2) is 36.5 Å². The zero-order chi connectivity index (χ0) is 14.0. The van der Waals surface area contributed by atoms with Crippen molar-refractivity contribution in [3.63, 3.8) is 0 Å². The summed E-state index contributed by atoms with van der Waals surface area (Å²) in [4.78, 5) is 11.4. The van der Waals surface area contributed by atoms with Gasteiger partial charge >= 0.3 is 5.97 Å². The molecule has 0 N–H and O–H groups in total. The molecule has 0 amide bonds. The molecule has 0 atom stereocenters. The van der Waals surface area contributed by atoms with E-state index in [4.69, 9.17) is 0 Å². The Kier molecular flexibility index (Phi) is 3.41. The molecule has 0 aliphatic heterocycles. The molecule has 0 radical (unpaired) electrons. The van der Waals surface area contributed by atoms with Crippen LogP contribution in [-0.2, 0) is 4.74 Å². The first kappa shape index (κ1) is 12.9. The monoisotopic (exact) mass is 265 g/mol. The van der Waals surface area contributed by atoms with Crippen LogP contribution in [0.3, 0.4) is 0 Å². The van der Waals surface area contributed by atoms with E-state index in [2.05, 4.69) is 4.74 Å². The average molecular weight is 265 g/mol. The Balaban J connectivity index is 2.54. The molecule has 0 fully saturated rings. The van der Waals surface area contributed by atoms with Gasteiger partial charge in [0.1, 0.15) is 0 Å². The van der Waals surface area contributed by atoms with Crippen LogP contribution in [0.4, 0.5) is 8.78 Å². The van der Waals surface area contributed by atoms with Crippen molar-refractivity contribution in [3.8, 4) is 11.3 Å². The number of rotatable bonds is 2. The number of esters is 1. The van der Waals surface area contributed by atoms with E-state index in [1.807, 2.05) is 0 Å². The van der Waals surface area contributed by atoms with Crippen molar-refractivity contribution in [1.82, 2.24) is 0 Å². The third-order valence-corrected chi connectivity index (χ3v) is 2.56. The molecular weight excluding hydrogens is 256 g/mol. The van der Waals surface area contributed by atoms with Gasteiger partial charge in [0.25, 0.3) is 0 Å². The lowest BCUT2D eigenvalue weighted by Crippen LogP contribution is -2.29. The molecule has 6 heteroatoms. The van der Waals surface area contributed by atoms with Crippen molar-refractivity contribution < 1.29 is 23.0 Å². The third kappa shape index (κ3) is 2.52. The molecule has 0 unspecified atom stereocenters. The summed E-state index contributed by atoms with van der Waals surface area (Å²) in [5.74, 6) is -2.70. The predicted molar refractivity (Wildman–Crippen MR) is 62.1 cm³/mol. The van der Waals surface area contributed by atoms with Crippen molar-refractivity contribution in [1.29, 1.82) is 0 Å². The molecule has 0 spiro atoms. The van der Waals surface area contributed by atoms with Crippen LogP contribution < -0.4 is 4.73 Å². The SMILES string of the molecule is COC(=O)c1cc[n+]([O-])c(-c2ccc(F)c(F)c2)c1. The van der Waals surface area contributed by atoms with Crippen molar-refractivity contribution >= 4 is 5.97 Å². The van der Waals surface area contributed by atoms with Crippen LogP contribution in [0, 0.1) is 16.8 Å². The summed E-state index contributed by atoms with van der Waals surface area (Å²) in [7, 11) is 1.21. The minimum atomic E-state index is -1.07. The molecule has 0 bridgehead atoms. The van der Waals surface area contributed by atoms with E-state index in [1.165, 1.54) is 25.3 Å². The number of aromatic nitrogens is 1. The highest BCUT2D eigenvalue weighted by atomic mass is 19.2. The molecule has 1 aromatic carbocycles. The summed E-state index contributed by atoms with van der Waals surface area (Å²) in [6.07, 6.45) is 1.10. The van der Waals surface area contributed by atoms with Crippen LogP contribution in [0.25, 0.3) is 11.3 Å². The van der Waals surface area contributed by atoms with Gasteiger partial charge in [-0.05, 0) is 18.2 Å². The van der Waals surface area contributed by atoms with Crippen molar-refractivity contribution in [2.24, 2.45) is 0 Å². The number of carbonyl (C=O) groups excluding carboxylic acids is 1. The number of pyridine rings is 1. The molecule has 1 aromatic heterocycles. The smallest absolute Gasteiger partial charge is 0.338 e. The summed E-state index contributed by atoms with van der Waals surface area (Å²) in [6.45, 7) is 0. The van der Waals surface area contributed by atoms with Gasteiger partial charge in [-0.2, -0.15) is 4.73 Å². The summed E-state index contributed by atoms with van der Waals surface area (Å²) in [6, 6.07) is 5.59. The van der Waals surface area contributed by atoms with Crippen molar-refractivity contribution in [2.45, 2.75) is 0 Å². The number of halogens is 2. The minimum absolute atomic E-state index is 0.0294. The molecular formula is C13H9F2NO3. The molecule has 0 saturated carbocycles. The normalized spacial score (nSPS) is 10.3. The van der Waals surface area contributed by atoms with Crippen LogP contribution >= 0.6 is 0 Å². The summed E-state index contributed by atoms with van der Waals surface area (Å²) >= 11 is 0. The Morgan fingerprint density at radius 2 is 1.95 bits per heavy atom. The fraction of sp³-hybridized carbons (Fsp3) is 0.0769. The van der Waals surface area contributed by atoms with Crippen molar-refractivity contribution in [2.75, 3.05) is 7.11 Å². The Labute approximate surface area is 107 Å². The second kappa shape index (κ2) is 5.01. The summed E-state index contributed by atoms with van der Waals surface area (Å²) < 4.78 is 31.0. The van der Waals surface area contributed by atoms with E-state index in [1.54, 1.807) is 0 Å². The highest BCUT2D eigenvalue weighted by molar-refractivity contribution is 5.90. The Morgan fingerprint density at radius 1 is 1.21 bits per heavy atom. The lowest BCUT2D eigenvalue weighted by atomic mass is 10.1. The van der Waals surface area contributed by atoms with Crippen LogP contribution in [-0.4, -0.2) is 13.1 Å². The maximum atomic E-state index is 13.1. The second-order valence-corrected chi connectivity index (χ2v) is 3.75. The molecule has 19 heavy (non-hydrogen) atoms. The predicted octanol–water partition coefficient (Wildman–Crippen LogP) is 2.05. The van der Waals surface area contributed by atoms with Gasteiger partial charge in [0.15, 0.2) is 17.8 Å². The van der Waals surface area contributed by atoms with Gasteiger partial charge in [-0.3, -0.25) is 0 Å². The molecule has 0 saturated heterocycles. The van der Waals surface area contributed by atoms with E-state index in [-0.39, 0.29) is 16.8 Å². The summed E-state index contributed by atoms with van der Waals surface area (Å²) in [5, 5.41) is 11.6. The third-order valence-electron chi connectivity index (χ3n) is 2.56. The number of ether oxygens (including phenoxy) is 1. The van der Waals surface area contributed by atoms with Crippen LogP contribution in [0.2, 0.25) is 0 Å². The molecule has 98 valence electrons. The fourth-order valence-corrected chi connectivity index (χ4v) is 1.60. The van der Waals surface area contributed by atoms with E-state index in [9.17, 15) is 18.8 Å². The number of nitrogens with zero attached hydrogens (tertiary/aromatic N) is 1. The Morgan fingerprint density at radius 3 is 2.58 bits per heavy atom. The van der Waals surface area contributed by atoms with Crippen molar-refractivity contribution in [3.05, 3.63) is 58.9 Å². The lowest BCUT2D eigenvalue weighted by Gasteiger charge is -2.06. The zero-order valence-corrected chi connectivity index (χ0v) is 9.89. The zero-order valence-electron chi connectivity index (χ0n) is 9.89. The van der Waals surface area contributed by atoms with Gasteiger partial charge in [-0.25, -0.2) is 13.6 Å². The minimum Gasteiger partial charge on any atom is -0.618 e. The molecule has 4 nitrogen and oxygen atoms in total. The molecule has 2 aromatic rings. The summed E-state index contributed by atoms with van der Waals surface area (Å²) in [5.41, 5.74) is 0.343. The number of carbonyl (C=O) groups is 1. The topological polar surface area (TPSA) is 53.2 Å². The van der Waals surface area contributed by atoms with E-state index < -0.39 is 17.6 Å². The van der Waals surface area contributed by atoms with Gasteiger partial charge in [-0.1, -0.05) is 0 Å². The van der Waals surface area contributed by atoms with Gasteiger partial charge in [0, 0.05) is 12.1 Å². The molecule has 0 aliphatic carbocycles. The van der Waals surface area contributed by atoms with Crippen LogP contribution in [0.1, 0.15) is 10.4 Å². The fourth-order valence-electron chi connectivity index (χ4n) is 1.60. The Hall–Kier alpha value is -2.50. The van der Waals surface area contributed by atoms with Gasteiger partial charge < -0.3 is 9.94 Å². The first-order valence-electron chi connectivity index (χ1n) is 5.30. The number of benzene rings is 1. The van der Waals surface area contributed by atoms with E-state index >= 15 is 0 Å². The quantitative estimate of drug-likeness (QED) is 0.474. The highest BCUT2D eigenvalue weighted by Gasteiger charge is 2.16. The van der Waals surface area contributed by atoms with E-state index in [0.717, 1.165) is 18.3 Å². The lowest BCUT2D eigenvalue weighted by molar-refractivity contribution is -0.593. The van der Waals surface area contributed by atoms with E-state index in [0.29, 0.717) is 4.73 Å². The number of hydrogen-bond acceptors (Lipinski definition) is 3. The number of hydrogen-bond donors (Lipinski definition) is 0. The standard InChI is InChI=1S/C13H9F2NO3/c1-19-13(17)9-4-5-16(18)12(7-9)8-2-3-10(14)11(15)6-8/h2-7H,1H3. The second-order valence-electron chi connectivity index (χ2n) is 3.75. The molecule has 2 rings (SSSR count). The van der Waals surface area contributed by atoms with Gasteiger partial charge in [0.2, 0.25) is 5.69 Å². The molecule has 0 aliphatic rings. The van der Waals surface area contributed by atoms with Gasteiger partial charge in [0.05, 0.1) is 18.2 Å². The molecule has 1 heterocycles. The average Bonchev–Trinajstić information content (AvgIpc) is 2.41. The first-order chi connectivity index (χ1) is 9.02. The maximum Gasteiger partial charge on any atom is 0.338 e. The first-order valence-corrected chi connectivity index (χ1v) is 5.30. The largest absolute Gasteiger partial charge is 0.618 e. The van der Waals surface area contributed by atoms with Crippen LogP contribution in [0.5, 0.6) is 0 Å². The maximum absolute atomic E-state index is 13.1.